The van der Waals surface area contributed by atoms with Crippen LogP contribution < -0.4 is 26.6 Å². The van der Waals surface area contributed by atoms with Gasteiger partial charge in [-0.05, 0) is 75.7 Å². The molecule has 0 aliphatic heterocycles. The molecule has 13 nitrogen and oxygen atoms in total. The molecule has 4 aromatic rings. The fourth-order valence-corrected chi connectivity index (χ4v) is 6.23. The minimum absolute atomic E-state index is 0.227. The molecule has 0 radical (unpaired) electrons. The van der Waals surface area contributed by atoms with E-state index >= 15 is 8.78 Å². The molecule has 52 heavy (non-hydrogen) atoms. The van der Waals surface area contributed by atoms with Crippen LogP contribution in [0.5, 0.6) is 0 Å². The molecule has 0 saturated carbocycles. The standard InChI is InChI=1S/C36H39F2N5O8S/c1-19(2)42-21(4)20(3)32(45)43(35(42)49)24-12-8-22(9-13-24)16-30(33(46)47)40-31(44)26-17-28(38)29(18-27(26)37)41-52(50,51)25-14-10-23(11-15-25)39-34(48)36(5,6)7/h8-15,17-19,30,41H,16H2,1-7H3,(H,39,48)(H,40,44)(H,46,47)/t30-/m0/s1. The molecule has 0 aliphatic rings. The number of rotatable bonds is 11. The van der Waals surface area contributed by atoms with Gasteiger partial charge >= 0.3 is 11.7 Å². The lowest BCUT2D eigenvalue weighted by Gasteiger charge is -2.19. The summed E-state index contributed by atoms with van der Waals surface area (Å²) in [5.41, 5.74) is -1.59. The molecule has 1 atom stereocenters. The van der Waals surface area contributed by atoms with Crippen molar-refractivity contribution in [3.05, 3.63) is 116 Å². The van der Waals surface area contributed by atoms with Crippen LogP contribution in [0.15, 0.2) is 75.1 Å². The molecule has 0 saturated heterocycles. The first-order chi connectivity index (χ1) is 24.1. The van der Waals surface area contributed by atoms with Crippen molar-refractivity contribution < 1.29 is 36.7 Å². The number of anilines is 2. The second kappa shape index (κ2) is 14.9. The number of carboxylic acids is 1. The van der Waals surface area contributed by atoms with Crippen molar-refractivity contribution in [1.82, 2.24) is 14.5 Å². The van der Waals surface area contributed by atoms with Crippen LogP contribution >= 0.6 is 0 Å². The molecule has 1 aromatic heterocycles. The van der Waals surface area contributed by atoms with E-state index in [0.717, 1.165) is 16.7 Å². The van der Waals surface area contributed by atoms with E-state index < -0.39 is 67.5 Å². The summed E-state index contributed by atoms with van der Waals surface area (Å²) >= 11 is 0. The van der Waals surface area contributed by atoms with E-state index in [2.05, 4.69) is 10.6 Å². The smallest absolute Gasteiger partial charge is 0.336 e. The molecule has 0 spiro atoms. The molecule has 4 N–H and O–H groups in total. The van der Waals surface area contributed by atoms with Crippen molar-refractivity contribution in [1.29, 1.82) is 0 Å². The van der Waals surface area contributed by atoms with Gasteiger partial charge < -0.3 is 15.7 Å². The quantitative estimate of drug-likeness (QED) is 0.171. The normalized spacial score (nSPS) is 12.3. The second-order valence-corrected chi connectivity index (χ2v) is 15.2. The molecule has 0 fully saturated rings. The first kappa shape index (κ1) is 39.2. The van der Waals surface area contributed by atoms with Gasteiger partial charge in [-0.3, -0.25) is 23.7 Å². The molecule has 1 heterocycles. The highest BCUT2D eigenvalue weighted by Crippen LogP contribution is 2.25. The van der Waals surface area contributed by atoms with E-state index in [1.807, 2.05) is 18.6 Å². The largest absolute Gasteiger partial charge is 0.480 e. The summed E-state index contributed by atoms with van der Waals surface area (Å²) in [5.74, 6) is -5.73. The SMILES string of the molecule is Cc1c(C)n(C(C)C)c(=O)n(-c2ccc(C[C@H](NC(=O)c3cc(F)c(NS(=O)(=O)c4ccc(NC(=O)C(C)(C)C)cc4)cc3F)C(=O)O)cc2)c1=O. The Hall–Kier alpha value is -5.64. The highest BCUT2D eigenvalue weighted by Gasteiger charge is 2.26. The number of nitrogens with one attached hydrogen (secondary N) is 3. The number of halogens is 2. The lowest BCUT2D eigenvalue weighted by atomic mass is 9.95. The summed E-state index contributed by atoms with van der Waals surface area (Å²) in [6.07, 6.45) is -0.305. The molecule has 2 amide bonds. The number of amides is 2. The molecule has 0 bridgehead atoms. The van der Waals surface area contributed by atoms with Gasteiger partial charge in [0, 0.05) is 40.9 Å². The average molecular weight is 740 g/mol. The summed E-state index contributed by atoms with van der Waals surface area (Å²) in [6.45, 7) is 12.0. The van der Waals surface area contributed by atoms with E-state index in [-0.39, 0.29) is 29.0 Å². The first-order valence-electron chi connectivity index (χ1n) is 16.0. The van der Waals surface area contributed by atoms with E-state index in [1.54, 1.807) is 34.6 Å². The Balaban J connectivity index is 1.50. The Labute approximate surface area is 298 Å². The number of hydrogen-bond donors (Lipinski definition) is 4. The van der Waals surface area contributed by atoms with Crippen molar-refractivity contribution in [2.24, 2.45) is 5.41 Å². The number of carbonyl (C=O) groups excluding carboxylic acids is 2. The van der Waals surface area contributed by atoms with E-state index in [1.165, 1.54) is 41.0 Å². The Morgan fingerprint density at radius 2 is 1.50 bits per heavy atom. The van der Waals surface area contributed by atoms with Crippen LogP contribution in [-0.4, -0.2) is 46.5 Å². The highest BCUT2D eigenvalue weighted by molar-refractivity contribution is 7.92. The molecule has 4 rings (SSSR count). The number of benzene rings is 3. The molecule has 276 valence electrons. The summed E-state index contributed by atoms with van der Waals surface area (Å²) in [5, 5.41) is 14.6. The van der Waals surface area contributed by atoms with Gasteiger partial charge in [-0.2, -0.15) is 0 Å². The zero-order chi connectivity index (χ0) is 38.9. The minimum atomic E-state index is -4.45. The Kier molecular flexibility index (Phi) is 11.2. The molecule has 0 unspecified atom stereocenters. The van der Waals surface area contributed by atoms with Gasteiger partial charge in [0.05, 0.1) is 21.8 Å². The first-order valence-corrected chi connectivity index (χ1v) is 17.5. The lowest BCUT2D eigenvalue weighted by molar-refractivity contribution is -0.139. The fourth-order valence-electron chi connectivity index (χ4n) is 5.17. The molecule has 3 aromatic carbocycles. The monoisotopic (exact) mass is 739 g/mol. The van der Waals surface area contributed by atoms with Crippen LogP contribution in [0.1, 0.15) is 67.8 Å². The number of sulfonamides is 1. The van der Waals surface area contributed by atoms with Crippen molar-refractivity contribution in [2.75, 3.05) is 10.0 Å². The zero-order valence-corrected chi connectivity index (χ0v) is 30.3. The second-order valence-electron chi connectivity index (χ2n) is 13.5. The lowest BCUT2D eigenvalue weighted by Crippen LogP contribution is -2.43. The zero-order valence-electron chi connectivity index (χ0n) is 29.5. The summed E-state index contributed by atoms with van der Waals surface area (Å²) in [7, 11) is -4.45. The van der Waals surface area contributed by atoms with Gasteiger partial charge in [-0.15, -0.1) is 0 Å². The highest BCUT2D eigenvalue weighted by atomic mass is 32.2. The van der Waals surface area contributed by atoms with Crippen molar-refractivity contribution in [3.8, 4) is 5.69 Å². The van der Waals surface area contributed by atoms with Crippen molar-refractivity contribution in [2.45, 2.75) is 71.9 Å². The predicted molar refractivity (Wildman–Crippen MR) is 190 cm³/mol. The number of aliphatic carboxylic acids is 1. The van der Waals surface area contributed by atoms with Crippen molar-refractivity contribution in [3.63, 3.8) is 0 Å². The predicted octanol–water partition coefficient (Wildman–Crippen LogP) is 4.69. The average Bonchev–Trinajstić information content (AvgIpc) is 3.05. The molecule has 16 heteroatoms. The third-order valence-electron chi connectivity index (χ3n) is 8.23. The number of nitrogens with zero attached hydrogens (tertiary/aromatic N) is 2. The summed E-state index contributed by atoms with van der Waals surface area (Å²) in [4.78, 5) is 63.1. The number of carbonyl (C=O) groups is 3. The maximum absolute atomic E-state index is 15.1. The van der Waals surface area contributed by atoms with Crippen LogP contribution in [0.3, 0.4) is 0 Å². The van der Waals surface area contributed by atoms with Crippen LogP contribution in [0, 0.1) is 30.9 Å². The van der Waals surface area contributed by atoms with Gasteiger partial charge in [-0.1, -0.05) is 32.9 Å². The van der Waals surface area contributed by atoms with Crippen molar-refractivity contribution >= 4 is 39.2 Å². The number of carboxylic acid groups (broad SMARTS) is 1. The van der Waals surface area contributed by atoms with E-state index in [9.17, 15) is 37.5 Å². The van der Waals surface area contributed by atoms with Crippen LogP contribution in [-0.2, 0) is 26.0 Å². The van der Waals surface area contributed by atoms with Gasteiger partial charge in [0.25, 0.3) is 21.5 Å². The Morgan fingerprint density at radius 1 is 0.904 bits per heavy atom. The maximum atomic E-state index is 15.1. The number of hydrogen-bond acceptors (Lipinski definition) is 7. The topological polar surface area (TPSA) is 186 Å². The molecule has 0 aliphatic carbocycles. The van der Waals surface area contributed by atoms with Gasteiger partial charge in [0.2, 0.25) is 5.91 Å². The third kappa shape index (κ3) is 8.45. The minimum Gasteiger partial charge on any atom is -0.480 e. The summed E-state index contributed by atoms with van der Waals surface area (Å²) in [6, 6.07) is 9.85. The van der Waals surface area contributed by atoms with Crippen LogP contribution in [0.4, 0.5) is 20.2 Å². The fraction of sp³-hybridized carbons (Fsp3) is 0.306. The van der Waals surface area contributed by atoms with E-state index in [4.69, 9.17) is 0 Å². The van der Waals surface area contributed by atoms with Crippen LogP contribution in [0.25, 0.3) is 5.69 Å². The van der Waals surface area contributed by atoms with Gasteiger partial charge in [-0.25, -0.2) is 31.4 Å². The third-order valence-corrected chi connectivity index (χ3v) is 9.61. The van der Waals surface area contributed by atoms with E-state index in [0.29, 0.717) is 34.6 Å². The Bertz CT molecular complexity index is 2280. The van der Waals surface area contributed by atoms with Gasteiger partial charge in [0.1, 0.15) is 17.7 Å². The summed E-state index contributed by atoms with van der Waals surface area (Å²) < 4.78 is 60.4. The molecular weight excluding hydrogens is 700 g/mol. The van der Waals surface area contributed by atoms with Gasteiger partial charge in [0.15, 0.2) is 0 Å². The van der Waals surface area contributed by atoms with Crippen LogP contribution in [0.2, 0.25) is 0 Å². The maximum Gasteiger partial charge on any atom is 0.336 e. The molecular formula is C36H39F2N5O8S. The Morgan fingerprint density at radius 3 is 2.04 bits per heavy atom. The number of aromatic nitrogens is 2.